The number of carbonyl (C=O) groups is 2. The van der Waals surface area contributed by atoms with Gasteiger partial charge in [-0.15, -0.1) is 0 Å². The van der Waals surface area contributed by atoms with Crippen LogP contribution in [0.3, 0.4) is 0 Å². The molecule has 1 unspecified atom stereocenters. The quantitative estimate of drug-likeness (QED) is 0.453. The lowest BCUT2D eigenvalue weighted by atomic mass is 9.94. The van der Waals surface area contributed by atoms with Gasteiger partial charge in [0.25, 0.3) is 0 Å². The summed E-state index contributed by atoms with van der Waals surface area (Å²) in [4.78, 5) is 33.1. The average Bonchev–Trinajstić information content (AvgIpc) is 3.08. The van der Waals surface area contributed by atoms with E-state index in [0.29, 0.717) is 25.3 Å². The maximum Gasteiger partial charge on any atom is 0.246 e. The molecule has 2 aromatic heterocycles. The summed E-state index contributed by atoms with van der Waals surface area (Å²) in [7, 11) is 1.74. The lowest BCUT2D eigenvalue weighted by molar-refractivity contribution is -0.125. The van der Waals surface area contributed by atoms with E-state index in [9.17, 15) is 9.59 Å². The van der Waals surface area contributed by atoms with Crippen LogP contribution in [0.4, 0.5) is 5.82 Å². The standard InChI is InChI=1S/C23H23ClN4O3/c1-14-18-5-3-4-6-19(18)31-20(14)13-28(2)21(29)8-7-15-9-16-10-17(12-26-24)23(30)27-22(16)25-11-15/h3-9,11,17,26H,10,12-13H2,1-2H3,(H,25,27,30)/b8-7+. The first kappa shape index (κ1) is 21.1. The number of likely N-dealkylation sites (N-methyl/N-ethyl adjacent to an activating group) is 1. The first-order chi connectivity index (χ1) is 15.0. The molecule has 3 aromatic rings. The number of pyridine rings is 1. The van der Waals surface area contributed by atoms with Crippen LogP contribution in [0.1, 0.15) is 22.5 Å². The van der Waals surface area contributed by atoms with E-state index in [2.05, 4.69) is 15.1 Å². The number of rotatable bonds is 6. The maximum absolute atomic E-state index is 12.6. The first-order valence-electron chi connectivity index (χ1n) is 9.99. The number of aromatic nitrogens is 1. The number of hydrogen-bond donors (Lipinski definition) is 2. The summed E-state index contributed by atoms with van der Waals surface area (Å²) in [5.74, 6) is 0.822. The number of fused-ring (bicyclic) bond motifs is 2. The van der Waals surface area contributed by atoms with Gasteiger partial charge in [-0.3, -0.25) is 9.59 Å². The van der Waals surface area contributed by atoms with Crippen LogP contribution >= 0.6 is 11.8 Å². The number of carbonyl (C=O) groups excluding carboxylic acids is 2. The number of halogens is 1. The van der Waals surface area contributed by atoms with Gasteiger partial charge in [-0.1, -0.05) is 18.2 Å². The zero-order chi connectivity index (χ0) is 22.0. The number of nitrogens with zero attached hydrogens (tertiary/aromatic N) is 2. The molecule has 8 heteroatoms. The normalized spacial score (nSPS) is 15.8. The van der Waals surface area contributed by atoms with Crippen molar-refractivity contribution in [2.75, 3.05) is 18.9 Å². The Morgan fingerprint density at radius 1 is 1.42 bits per heavy atom. The van der Waals surface area contributed by atoms with Crippen molar-refractivity contribution < 1.29 is 14.0 Å². The van der Waals surface area contributed by atoms with E-state index in [1.54, 1.807) is 24.2 Å². The first-order valence-corrected chi connectivity index (χ1v) is 10.4. The molecular weight excluding hydrogens is 416 g/mol. The van der Waals surface area contributed by atoms with Crippen LogP contribution in [0.15, 0.2) is 47.0 Å². The molecule has 1 atom stereocenters. The Labute approximate surface area is 185 Å². The van der Waals surface area contributed by atoms with Crippen LogP contribution in [-0.4, -0.2) is 35.3 Å². The van der Waals surface area contributed by atoms with E-state index in [0.717, 1.165) is 33.4 Å². The number of para-hydroxylation sites is 1. The van der Waals surface area contributed by atoms with Gasteiger partial charge < -0.3 is 14.6 Å². The van der Waals surface area contributed by atoms with Crippen LogP contribution < -0.4 is 10.2 Å². The molecule has 3 heterocycles. The summed E-state index contributed by atoms with van der Waals surface area (Å²) < 4.78 is 5.91. The molecule has 7 nitrogen and oxygen atoms in total. The summed E-state index contributed by atoms with van der Waals surface area (Å²) in [6.45, 7) is 2.75. The van der Waals surface area contributed by atoms with E-state index < -0.39 is 0 Å². The van der Waals surface area contributed by atoms with Crippen molar-refractivity contribution in [1.82, 2.24) is 14.7 Å². The van der Waals surface area contributed by atoms with Gasteiger partial charge in [0.05, 0.1) is 12.5 Å². The Kier molecular flexibility index (Phi) is 6.06. The molecule has 160 valence electrons. The SMILES string of the molecule is Cc1c(CN(C)C(=O)/C=C/c2cnc3c(c2)CC(CNCl)C(=O)N3)oc2ccccc12. The molecule has 31 heavy (non-hydrogen) atoms. The van der Waals surface area contributed by atoms with Gasteiger partial charge >= 0.3 is 0 Å². The Bertz CT molecular complexity index is 1170. The third-order valence-electron chi connectivity index (χ3n) is 5.51. The van der Waals surface area contributed by atoms with Crippen molar-refractivity contribution in [3.8, 4) is 0 Å². The molecular formula is C23H23ClN4O3. The zero-order valence-corrected chi connectivity index (χ0v) is 18.1. The molecule has 1 aliphatic heterocycles. The highest BCUT2D eigenvalue weighted by Gasteiger charge is 2.26. The second-order valence-corrected chi connectivity index (χ2v) is 7.95. The molecule has 0 saturated carbocycles. The summed E-state index contributed by atoms with van der Waals surface area (Å²) >= 11 is 5.56. The Balaban J connectivity index is 1.44. The molecule has 2 amide bonds. The van der Waals surface area contributed by atoms with Crippen LogP contribution in [0.5, 0.6) is 0 Å². The number of hydrogen-bond acceptors (Lipinski definition) is 5. The van der Waals surface area contributed by atoms with Gasteiger partial charge in [0.15, 0.2) is 0 Å². The summed E-state index contributed by atoms with van der Waals surface area (Å²) in [6, 6.07) is 9.76. The topological polar surface area (TPSA) is 87.5 Å². The van der Waals surface area contributed by atoms with Crippen LogP contribution in [0, 0.1) is 12.8 Å². The van der Waals surface area contributed by atoms with Crippen LogP contribution in [0.2, 0.25) is 0 Å². The highest BCUT2D eigenvalue weighted by atomic mass is 35.5. The van der Waals surface area contributed by atoms with Crippen molar-refractivity contribution in [2.45, 2.75) is 19.9 Å². The summed E-state index contributed by atoms with van der Waals surface area (Å²) in [5.41, 5.74) is 3.56. The van der Waals surface area contributed by atoms with Crippen LogP contribution in [0.25, 0.3) is 17.0 Å². The predicted octanol–water partition coefficient (Wildman–Crippen LogP) is 3.66. The molecule has 4 rings (SSSR count). The molecule has 0 fully saturated rings. The van der Waals surface area contributed by atoms with Crippen molar-refractivity contribution >= 4 is 46.5 Å². The average molecular weight is 439 g/mol. The van der Waals surface area contributed by atoms with Gasteiger partial charge in [-0.25, -0.2) is 9.82 Å². The van der Waals surface area contributed by atoms with Crippen molar-refractivity contribution in [1.29, 1.82) is 0 Å². The minimum Gasteiger partial charge on any atom is -0.459 e. The Hall–Kier alpha value is -3.16. The van der Waals surface area contributed by atoms with Gasteiger partial charge in [0.2, 0.25) is 11.8 Å². The van der Waals surface area contributed by atoms with Crippen LogP contribution in [-0.2, 0) is 22.6 Å². The fourth-order valence-electron chi connectivity index (χ4n) is 3.69. The fourth-order valence-corrected chi connectivity index (χ4v) is 3.87. The summed E-state index contributed by atoms with van der Waals surface area (Å²) in [6.07, 6.45) is 5.41. The van der Waals surface area contributed by atoms with E-state index >= 15 is 0 Å². The predicted molar refractivity (Wildman–Crippen MR) is 120 cm³/mol. The smallest absolute Gasteiger partial charge is 0.246 e. The molecule has 0 aliphatic carbocycles. The third kappa shape index (κ3) is 4.47. The Morgan fingerprint density at radius 3 is 3.00 bits per heavy atom. The van der Waals surface area contributed by atoms with Gasteiger partial charge in [-0.05, 0) is 54.5 Å². The highest BCUT2D eigenvalue weighted by Crippen LogP contribution is 2.26. The number of nitrogens with one attached hydrogen (secondary N) is 2. The van der Waals surface area contributed by atoms with Gasteiger partial charge in [0, 0.05) is 36.8 Å². The second-order valence-electron chi connectivity index (χ2n) is 7.68. The third-order valence-corrected chi connectivity index (χ3v) is 5.66. The van der Waals surface area contributed by atoms with Crippen molar-refractivity contribution in [3.05, 3.63) is 65.1 Å². The zero-order valence-electron chi connectivity index (χ0n) is 17.3. The molecule has 1 aliphatic rings. The van der Waals surface area contributed by atoms with Crippen molar-refractivity contribution in [2.24, 2.45) is 5.92 Å². The number of amides is 2. The van der Waals surface area contributed by atoms with Gasteiger partial charge in [-0.2, -0.15) is 0 Å². The van der Waals surface area contributed by atoms with E-state index in [4.69, 9.17) is 16.2 Å². The number of furan rings is 1. The minimum absolute atomic E-state index is 0.103. The largest absolute Gasteiger partial charge is 0.459 e. The lowest BCUT2D eigenvalue weighted by Gasteiger charge is -2.23. The monoisotopic (exact) mass is 438 g/mol. The van der Waals surface area contributed by atoms with E-state index in [1.165, 1.54) is 6.08 Å². The van der Waals surface area contributed by atoms with E-state index in [-0.39, 0.29) is 17.7 Å². The molecule has 0 saturated heterocycles. The number of anilines is 1. The second kappa shape index (κ2) is 8.91. The molecule has 1 aromatic carbocycles. The van der Waals surface area contributed by atoms with Crippen molar-refractivity contribution in [3.63, 3.8) is 0 Å². The molecule has 0 bridgehead atoms. The van der Waals surface area contributed by atoms with E-state index in [1.807, 2.05) is 37.3 Å². The minimum atomic E-state index is -0.258. The Morgan fingerprint density at radius 2 is 2.23 bits per heavy atom. The summed E-state index contributed by atoms with van der Waals surface area (Å²) in [5, 5.41) is 3.85. The maximum atomic E-state index is 12.6. The lowest BCUT2D eigenvalue weighted by Crippen LogP contribution is -2.35. The number of aryl methyl sites for hydroxylation is 1. The fraction of sp³-hybridized carbons (Fsp3) is 0.261. The molecule has 2 N–H and O–H groups in total. The molecule has 0 spiro atoms. The highest BCUT2D eigenvalue weighted by molar-refractivity contribution is 6.13. The molecule has 0 radical (unpaired) electrons. The van der Waals surface area contributed by atoms with Gasteiger partial charge in [0.1, 0.15) is 17.2 Å². The number of benzene rings is 1.